The second-order valence-corrected chi connectivity index (χ2v) is 6.20. The standard InChI is InChI=1S/C17H23NO2/c1-13-5-4-10-17(11-13,12-18)16(2,19)14-6-8-15(20-3)9-7-14/h6-9,13,19H,4-5,10-11H2,1-3H3. The summed E-state index contributed by atoms with van der Waals surface area (Å²) in [5.74, 6) is 1.24. The molecular weight excluding hydrogens is 250 g/mol. The molecule has 3 nitrogen and oxygen atoms in total. The highest BCUT2D eigenvalue weighted by atomic mass is 16.5. The molecule has 0 aliphatic heterocycles. The van der Waals surface area contributed by atoms with Crippen LogP contribution in [0.25, 0.3) is 0 Å². The molecule has 0 heterocycles. The molecule has 108 valence electrons. The smallest absolute Gasteiger partial charge is 0.118 e. The minimum absolute atomic E-state index is 0.480. The van der Waals surface area contributed by atoms with Crippen molar-refractivity contribution >= 4 is 0 Å². The van der Waals surface area contributed by atoms with E-state index in [0.29, 0.717) is 5.92 Å². The lowest BCUT2D eigenvalue weighted by Crippen LogP contribution is -2.45. The molecular formula is C17H23NO2. The number of nitrogens with zero attached hydrogens (tertiary/aromatic N) is 1. The molecule has 0 radical (unpaired) electrons. The van der Waals surface area contributed by atoms with Crippen molar-refractivity contribution in [1.29, 1.82) is 5.26 Å². The maximum Gasteiger partial charge on any atom is 0.118 e. The SMILES string of the molecule is COc1ccc(C(C)(O)C2(C#N)CCCC(C)C2)cc1. The summed E-state index contributed by atoms with van der Waals surface area (Å²) in [5, 5.41) is 20.8. The molecule has 1 aliphatic carbocycles. The monoisotopic (exact) mass is 273 g/mol. The summed E-state index contributed by atoms with van der Waals surface area (Å²) in [6.07, 6.45) is 3.65. The van der Waals surface area contributed by atoms with E-state index in [1.165, 1.54) is 0 Å². The molecule has 3 unspecified atom stereocenters. The van der Waals surface area contributed by atoms with Crippen molar-refractivity contribution in [3.63, 3.8) is 0 Å². The molecule has 1 fully saturated rings. The highest BCUT2D eigenvalue weighted by Crippen LogP contribution is 2.51. The van der Waals surface area contributed by atoms with E-state index in [-0.39, 0.29) is 0 Å². The first-order valence-corrected chi connectivity index (χ1v) is 7.23. The van der Waals surface area contributed by atoms with Crippen molar-refractivity contribution in [3.8, 4) is 11.8 Å². The van der Waals surface area contributed by atoms with E-state index in [1.807, 2.05) is 24.3 Å². The second-order valence-electron chi connectivity index (χ2n) is 6.20. The Morgan fingerprint density at radius 2 is 2.05 bits per heavy atom. The Bertz CT molecular complexity index is 501. The first-order chi connectivity index (χ1) is 9.45. The highest BCUT2D eigenvalue weighted by Gasteiger charge is 2.50. The van der Waals surface area contributed by atoms with Crippen LogP contribution in [0.2, 0.25) is 0 Å². The van der Waals surface area contributed by atoms with Gasteiger partial charge in [-0.3, -0.25) is 0 Å². The number of rotatable bonds is 3. The summed E-state index contributed by atoms with van der Waals surface area (Å²) in [6.45, 7) is 3.94. The fourth-order valence-corrected chi connectivity index (χ4v) is 3.40. The zero-order chi connectivity index (χ0) is 14.8. The number of aliphatic hydroxyl groups is 1. The first kappa shape index (κ1) is 14.9. The summed E-state index contributed by atoms with van der Waals surface area (Å²) in [5.41, 5.74) is -1.05. The Hall–Kier alpha value is -1.53. The van der Waals surface area contributed by atoms with Crippen LogP contribution in [-0.4, -0.2) is 12.2 Å². The average molecular weight is 273 g/mol. The van der Waals surface area contributed by atoms with Crippen molar-refractivity contribution < 1.29 is 9.84 Å². The largest absolute Gasteiger partial charge is 0.497 e. The number of benzene rings is 1. The third kappa shape index (κ3) is 2.41. The molecule has 1 aliphatic rings. The van der Waals surface area contributed by atoms with Crippen LogP contribution in [0.5, 0.6) is 5.75 Å². The normalized spacial score (nSPS) is 29.2. The molecule has 1 aromatic rings. The van der Waals surface area contributed by atoms with E-state index in [0.717, 1.165) is 37.0 Å². The Kier molecular flexibility index (Phi) is 4.06. The second kappa shape index (κ2) is 5.46. The molecule has 1 N–H and O–H groups in total. The summed E-state index contributed by atoms with van der Waals surface area (Å²) in [7, 11) is 1.62. The van der Waals surface area contributed by atoms with Gasteiger partial charge in [0.2, 0.25) is 0 Å². The quantitative estimate of drug-likeness (QED) is 0.915. The number of hydrogen-bond acceptors (Lipinski definition) is 3. The van der Waals surface area contributed by atoms with Gasteiger partial charge in [0.05, 0.1) is 18.6 Å². The topological polar surface area (TPSA) is 53.2 Å². The summed E-state index contributed by atoms with van der Waals surface area (Å²) in [4.78, 5) is 0. The lowest BCUT2D eigenvalue weighted by Gasteiger charge is -2.45. The van der Waals surface area contributed by atoms with E-state index in [1.54, 1.807) is 14.0 Å². The molecule has 2 rings (SSSR count). The zero-order valence-corrected chi connectivity index (χ0v) is 12.5. The van der Waals surface area contributed by atoms with E-state index < -0.39 is 11.0 Å². The van der Waals surface area contributed by atoms with E-state index in [2.05, 4.69) is 13.0 Å². The molecule has 0 bridgehead atoms. The van der Waals surface area contributed by atoms with Crippen LogP contribution in [0.4, 0.5) is 0 Å². The molecule has 3 heteroatoms. The summed E-state index contributed by atoms with van der Waals surface area (Å²) >= 11 is 0. The molecule has 0 spiro atoms. The van der Waals surface area contributed by atoms with E-state index in [4.69, 9.17) is 4.74 Å². The fourth-order valence-electron chi connectivity index (χ4n) is 3.40. The van der Waals surface area contributed by atoms with Crippen LogP contribution >= 0.6 is 0 Å². The molecule has 1 saturated carbocycles. The summed E-state index contributed by atoms with van der Waals surface area (Å²) in [6, 6.07) is 9.82. The third-order valence-electron chi connectivity index (χ3n) is 4.80. The molecule has 0 amide bonds. The number of nitriles is 1. The number of hydrogen-bond donors (Lipinski definition) is 1. The average Bonchev–Trinajstić information content (AvgIpc) is 2.47. The lowest BCUT2D eigenvalue weighted by molar-refractivity contribution is -0.0720. The minimum Gasteiger partial charge on any atom is -0.497 e. The zero-order valence-electron chi connectivity index (χ0n) is 12.5. The predicted molar refractivity (Wildman–Crippen MR) is 78.2 cm³/mol. The van der Waals surface area contributed by atoms with Crippen LogP contribution in [0.15, 0.2) is 24.3 Å². The van der Waals surface area contributed by atoms with Gasteiger partial charge >= 0.3 is 0 Å². The Balaban J connectivity index is 2.37. The van der Waals surface area contributed by atoms with Crippen molar-refractivity contribution in [2.45, 2.75) is 45.1 Å². The maximum atomic E-state index is 11.1. The van der Waals surface area contributed by atoms with E-state index >= 15 is 0 Å². The van der Waals surface area contributed by atoms with Crippen LogP contribution in [0.1, 0.15) is 45.1 Å². The van der Waals surface area contributed by atoms with Crippen molar-refractivity contribution in [2.75, 3.05) is 7.11 Å². The molecule has 20 heavy (non-hydrogen) atoms. The van der Waals surface area contributed by atoms with Crippen LogP contribution < -0.4 is 4.74 Å². The minimum atomic E-state index is -1.14. The van der Waals surface area contributed by atoms with E-state index in [9.17, 15) is 10.4 Å². The van der Waals surface area contributed by atoms with Crippen LogP contribution in [0.3, 0.4) is 0 Å². The Labute approximate surface area is 121 Å². The van der Waals surface area contributed by atoms with Gasteiger partial charge in [0.15, 0.2) is 0 Å². The summed E-state index contributed by atoms with van der Waals surface area (Å²) < 4.78 is 5.15. The first-order valence-electron chi connectivity index (χ1n) is 7.23. The van der Waals surface area contributed by atoms with Gasteiger partial charge in [0.1, 0.15) is 11.4 Å². The van der Waals surface area contributed by atoms with Crippen molar-refractivity contribution in [2.24, 2.45) is 11.3 Å². The van der Waals surface area contributed by atoms with Crippen molar-refractivity contribution in [3.05, 3.63) is 29.8 Å². The van der Waals surface area contributed by atoms with Crippen LogP contribution in [-0.2, 0) is 5.60 Å². The fraction of sp³-hybridized carbons (Fsp3) is 0.588. The highest BCUT2D eigenvalue weighted by molar-refractivity contribution is 5.34. The predicted octanol–water partition coefficient (Wildman–Crippen LogP) is 3.62. The number of ether oxygens (including phenoxy) is 1. The van der Waals surface area contributed by atoms with Gasteiger partial charge in [-0.25, -0.2) is 0 Å². The molecule has 0 saturated heterocycles. The van der Waals surface area contributed by atoms with Gasteiger partial charge < -0.3 is 9.84 Å². The lowest BCUT2D eigenvalue weighted by atomic mass is 9.60. The molecule has 1 aromatic carbocycles. The third-order valence-corrected chi connectivity index (χ3v) is 4.80. The van der Waals surface area contributed by atoms with Gasteiger partial charge in [-0.1, -0.05) is 31.9 Å². The van der Waals surface area contributed by atoms with Gasteiger partial charge in [-0.05, 0) is 43.4 Å². The van der Waals surface area contributed by atoms with Crippen LogP contribution in [0, 0.1) is 22.7 Å². The molecule has 3 atom stereocenters. The van der Waals surface area contributed by atoms with Gasteiger partial charge in [-0.15, -0.1) is 0 Å². The number of methoxy groups -OCH3 is 1. The Morgan fingerprint density at radius 1 is 1.40 bits per heavy atom. The van der Waals surface area contributed by atoms with Gasteiger partial charge in [0.25, 0.3) is 0 Å². The van der Waals surface area contributed by atoms with Crippen molar-refractivity contribution in [1.82, 2.24) is 0 Å². The maximum absolute atomic E-state index is 11.1. The Morgan fingerprint density at radius 3 is 2.55 bits per heavy atom. The van der Waals surface area contributed by atoms with Gasteiger partial charge in [0, 0.05) is 0 Å². The molecule has 0 aromatic heterocycles. The van der Waals surface area contributed by atoms with Gasteiger partial charge in [-0.2, -0.15) is 5.26 Å².